The first-order valence-corrected chi connectivity index (χ1v) is 9.26. The fourth-order valence-electron chi connectivity index (χ4n) is 2.85. The van der Waals surface area contributed by atoms with Crippen molar-refractivity contribution in [2.24, 2.45) is 11.7 Å². The minimum absolute atomic E-state index is 0.139. The second kappa shape index (κ2) is 9.57. The van der Waals surface area contributed by atoms with Gasteiger partial charge in [0.2, 0.25) is 17.7 Å². The Kier molecular flexibility index (Phi) is 8.05. The zero-order valence-corrected chi connectivity index (χ0v) is 16.8. The van der Waals surface area contributed by atoms with Crippen molar-refractivity contribution in [2.45, 2.75) is 71.6 Å². The lowest BCUT2D eigenvalue weighted by Gasteiger charge is -2.29. The highest BCUT2D eigenvalue weighted by Gasteiger charge is 2.38. The molecule has 0 spiro atoms. The molecule has 1 aliphatic rings. The van der Waals surface area contributed by atoms with Crippen molar-refractivity contribution in [2.75, 3.05) is 13.1 Å². The van der Waals surface area contributed by atoms with Crippen LogP contribution in [0.15, 0.2) is 0 Å². The average molecular weight is 384 g/mol. The van der Waals surface area contributed by atoms with Crippen molar-refractivity contribution >= 4 is 23.8 Å². The Morgan fingerprint density at radius 1 is 1.22 bits per heavy atom. The van der Waals surface area contributed by atoms with Gasteiger partial charge >= 0.3 is 6.09 Å². The summed E-state index contributed by atoms with van der Waals surface area (Å²) in [5.41, 5.74) is 4.39. The van der Waals surface area contributed by atoms with Gasteiger partial charge in [0, 0.05) is 6.54 Å². The number of primary amides is 1. The molecule has 0 radical (unpaired) electrons. The SMILES string of the molecule is CC(C)C[C@H](NC(=O)[C@@H]1CCCN1C(=O)OC(C)(C)C)C(=O)NCC(N)=O. The Morgan fingerprint density at radius 3 is 2.37 bits per heavy atom. The molecule has 27 heavy (non-hydrogen) atoms. The molecular weight excluding hydrogens is 352 g/mol. The molecule has 9 heteroatoms. The maximum Gasteiger partial charge on any atom is 0.410 e. The summed E-state index contributed by atoms with van der Waals surface area (Å²) in [6, 6.07) is -1.49. The average Bonchev–Trinajstić information content (AvgIpc) is 2.99. The van der Waals surface area contributed by atoms with Crippen molar-refractivity contribution in [3.63, 3.8) is 0 Å². The lowest BCUT2D eigenvalue weighted by Crippen LogP contribution is -2.54. The van der Waals surface area contributed by atoms with Crippen LogP contribution in [0.1, 0.15) is 53.9 Å². The summed E-state index contributed by atoms with van der Waals surface area (Å²) >= 11 is 0. The molecule has 1 saturated heterocycles. The second-order valence-electron chi connectivity index (χ2n) is 8.21. The third-order valence-corrected chi connectivity index (χ3v) is 3.96. The van der Waals surface area contributed by atoms with Gasteiger partial charge in [-0.05, 0) is 46.0 Å². The molecule has 4 amide bonds. The largest absolute Gasteiger partial charge is 0.444 e. The van der Waals surface area contributed by atoms with Gasteiger partial charge in [-0.1, -0.05) is 13.8 Å². The van der Waals surface area contributed by atoms with Crippen molar-refractivity contribution in [1.29, 1.82) is 0 Å². The van der Waals surface area contributed by atoms with Crippen molar-refractivity contribution in [1.82, 2.24) is 15.5 Å². The van der Waals surface area contributed by atoms with Crippen LogP contribution in [0.4, 0.5) is 4.79 Å². The standard InChI is InChI=1S/C18H32N4O5/c1-11(2)9-12(15(24)20-10-14(19)23)21-16(25)13-7-6-8-22(13)17(26)27-18(3,4)5/h11-13H,6-10H2,1-5H3,(H2,19,23)(H,20,24)(H,21,25)/t12-,13-/m0/s1. The number of rotatable bonds is 7. The van der Waals surface area contributed by atoms with Gasteiger partial charge in [0.05, 0.1) is 6.54 Å². The van der Waals surface area contributed by atoms with Crippen molar-refractivity contribution in [3.8, 4) is 0 Å². The molecule has 0 aromatic carbocycles. The number of nitrogens with one attached hydrogen (secondary N) is 2. The van der Waals surface area contributed by atoms with E-state index in [0.29, 0.717) is 25.8 Å². The summed E-state index contributed by atoms with van der Waals surface area (Å²) in [5.74, 6) is -1.40. The summed E-state index contributed by atoms with van der Waals surface area (Å²) in [7, 11) is 0. The van der Waals surface area contributed by atoms with Crippen LogP contribution in [-0.4, -0.2) is 59.5 Å². The van der Waals surface area contributed by atoms with E-state index in [4.69, 9.17) is 10.5 Å². The molecular formula is C18H32N4O5. The Bertz CT molecular complexity index is 571. The molecule has 0 bridgehead atoms. The number of carbonyl (C=O) groups is 4. The van der Waals surface area contributed by atoms with Crippen LogP contribution in [0.5, 0.6) is 0 Å². The quantitative estimate of drug-likeness (QED) is 0.589. The molecule has 1 rings (SSSR count). The van der Waals surface area contributed by atoms with Gasteiger partial charge < -0.3 is 21.1 Å². The number of amides is 4. The molecule has 4 N–H and O–H groups in total. The smallest absolute Gasteiger partial charge is 0.410 e. The monoisotopic (exact) mass is 384 g/mol. The Morgan fingerprint density at radius 2 is 1.85 bits per heavy atom. The summed E-state index contributed by atoms with van der Waals surface area (Å²) in [4.78, 5) is 49.6. The van der Waals surface area contributed by atoms with Gasteiger partial charge in [0.1, 0.15) is 17.7 Å². The van der Waals surface area contributed by atoms with E-state index >= 15 is 0 Å². The van der Waals surface area contributed by atoms with E-state index in [2.05, 4.69) is 10.6 Å². The maximum atomic E-state index is 12.7. The third kappa shape index (κ3) is 7.84. The van der Waals surface area contributed by atoms with Crippen LogP contribution >= 0.6 is 0 Å². The zero-order chi connectivity index (χ0) is 20.8. The van der Waals surface area contributed by atoms with Crippen LogP contribution in [-0.2, 0) is 19.1 Å². The Labute approximate surface area is 160 Å². The lowest BCUT2D eigenvalue weighted by atomic mass is 10.0. The Hall–Kier alpha value is -2.32. The van der Waals surface area contributed by atoms with Crippen LogP contribution in [0.2, 0.25) is 0 Å². The molecule has 0 unspecified atom stereocenters. The highest BCUT2D eigenvalue weighted by Crippen LogP contribution is 2.21. The number of nitrogens with two attached hydrogens (primary N) is 1. The molecule has 0 aliphatic carbocycles. The van der Waals surface area contributed by atoms with E-state index in [-0.39, 0.29) is 12.5 Å². The molecule has 0 aromatic rings. The second-order valence-corrected chi connectivity index (χ2v) is 8.21. The highest BCUT2D eigenvalue weighted by atomic mass is 16.6. The fraction of sp³-hybridized carbons (Fsp3) is 0.778. The summed E-state index contributed by atoms with van der Waals surface area (Å²) in [6.45, 7) is 9.26. The van der Waals surface area contributed by atoms with E-state index in [1.165, 1.54) is 4.90 Å². The predicted octanol–water partition coefficient (Wildman–Crippen LogP) is 0.518. The van der Waals surface area contributed by atoms with Crippen LogP contribution in [0.3, 0.4) is 0 Å². The van der Waals surface area contributed by atoms with Gasteiger partial charge in [-0.2, -0.15) is 0 Å². The first-order chi connectivity index (χ1) is 12.4. The molecule has 1 fully saturated rings. The van der Waals surface area contributed by atoms with E-state index in [1.54, 1.807) is 20.8 Å². The third-order valence-electron chi connectivity index (χ3n) is 3.96. The molecule has 0 saturated carbocycles. The van der Waals surface area contributed by atoms with Gasteiger partial charge in [0.15, 0.2) is 0 Å². The predicted molar refractivity (Wildman–Crippen MR) is 99.6 cm³/mol. The number of likely N-dealkylation sites (tertiary alicyclic amines) is 1. The number of nitrogens with zero attached hydrogens (tertiary/aromatic N) is 1. The van der Waals surface area contributed by atoms with Gasteiger partial charge in [-0.25, -0.2) is 4.79 Å². The topological polar surface area (TPSA) is 131 Å². The van der Waals surface area contributed by atoms with Gasteiger partial charge in [0.25, 0.3) is 0 Å². The number of ether oxygens (including phenoxy) is 1. The molecule has 1 aliphatic heterocycles. The summed E-state index contributed by atoms with van der Waals surface area (Å²) in [6.07, 6.45) is 1.04. The molecule has 0 aromatic heterocycles. The number of hydrogen-bond donors (Lipinski definition) is 3. The van der Waals surface area contributed by atoms with Crippen molar-refractivity contribution < 1.29 is 23.9 Å². The summed E-state index contributed by atoms with van der Waals surface area (Å²) in [5, 5.41) is 5.12. The minimum Gasteiger partial charge on any atom is -0.444 e. The molecule has 1 heterocycles. The molecule has 154 valence electrons. The normalized spacial score (nSPS) is 18.1. The first-order valence-electron chi connectivity index (χ1n) is 9.26. The van der Waals surface area contributed by atoms with Gasteiger partial charge in [-0.15, -0.1) is 0 Å². The Balaban J connectivity index is 2.79. The molecule has 2 atom stereocenters. The highest BCUT2D eigenvalue weighted by molar-refractivity contribution is 5.92. The fourth-order valence-corrected chi connectivity index (χ4v) is 2.85. The minimum atomic E-state index is -0.807. The van der Waals surface area contributed by atoms with E-state index in [1.807, 2.05) is 13.8 Å². The van der Waals surface area contributed by atoms with E-state index in [0.717, 1.165) is 0 Å². The zero-order valence-electron chi connectivity index (χ0n) is 16.8. The first kappa shape index (κ1) is 22.7. The van der Waals surface area contributed by atoms with Crippen LogP contribution in [0.25, 0.3) is 0 Å². The number of carbonyl (C=O) groups excluding carboxylic acids is 4. The molecule has 9 nitrogen and oxygen atoms in total. The maximum absolute atomic E-state index is 12.7. The van der Waals surface area contributed by atoms with Gasteiger partial charge in [-0.3, -0.25) is 19.3 Å². The van der Waals surface area contributed by atoms with Crippen LogP contribution < -0.4 is 16.4 Å². The number of hydrogen-bond acceptors (Lipinski definition) is 5. The summed E-state index contributed by atoms with van der Waals surface area (Å²) < 4.78 is 5.36. The van der Waals surface area contributed by atoms with Crippen LogP contribution in [0, 0.1) is 5.92 Å². The lowest BCUT2D eigenvalue weighted by molar-refractivity contribution is -0.132. The van der Waals surface area contributed by atoms with E-state index < -0.39 is 41.5 Å². The van der Waals surface area contributed by atoms with E-state index in [9.17, 15) is 19.2 Å². The van der Waals surface area contributed by atoms with Crippen molar-refractivity contribution in [3.05, 3.63) is 0 Å².